The Morgan fingerprint density at radius 1 is 0.920 bits per heavy atom. The summed E-state index contributed by atoms with van der Waals surface area (Å²) in [6.07, 6.45) is 2.32. The summed E-state index contributed by atoms with van der Waals surface area (Å²) in [5.41, 5.74) is 0.595. The lowest BCUT2D eigenvalue weighted by Crippen LogP contribution is -2.56. The van der Waals surface area contributed by atoms with Crippen molar-refractivity contribution in [2.24, 2.45) is 0 Å². The molecule has 0 atom stereocenters. The highest BCUT2D eigenvalue weighted by Gasteiger charge is 2.33. The maximum Gasteiger partial charge on any atom is 0.294 e. The van der Waals surface area contributed by atoms with Crippen LogP contribution in [0, 0.1) is 0 Å². The first-order valence-electron chi connectivity index (χ1n) is 9.45. The molecule has 25 heavy (non-hydrogen) atoms. The van der Waals surface area contributed by atoms with E-state index in [-0.39, 0.29) is 16.7 Å². The number of anilines is 1. The zero-order chi connectivity index (χ0) is 17.1. The predicted molar refractivity (Wildman–Crippen MR) is 99.4 cm³/mol. The standard InChI is InChI=1S/C18H30N4O2.H2O/c1-3-5-19-7-11-21(12-8-19)15-17(23)16(18(15)24)22-13-9-20(6-4-2)10-14-22;/h3-14H2,1-2H3;1H2. The molecule has 0 aromatic heterocycles. The quantitative estimate of drug-likeness (QED) is 0.719. The van der Waals surface area contributed by atoms with Crippen molar-refractivity contribution in [3.8, 4) is 5.75 Å². The second-order valence-electron chi connectivity index (χ2n) is 7.03. The highest BCUT2D eigenvalue weighted by Crippen LogP contribution is 2.22. The molecule has 0 bridgehead atoms. The van der Waals surface area contributed by atoms with Crippen molar-refractivity contribution >= 4 is 5.69 Å². The molecule has 2 aliphatic heterocycles. The van der Waals surface area contributed by atoms with E-state index in [2.05, 4.69) is 33.1 Å². The van der Waals surface area contributed by atoms with Crippen LogP contribution in [0.15, 0.2) is 4.79 Å². The predicted octanol–water partition coefficient (Wildman–Crippen LogP) is -0.519. The van der Waals surface area contributed by atoms with Crippen LogP contribution in [0.3, 0.4) is 0 Å². The molecule has 1 aromatic carbocycles. The Morgan fingerprint density at radius 2 is 1.44 bits per heavy atom. The van der Waals surface area contributed by atoms with E-state index in [1.807, 2.05) is 0 Å². The van der Waals surface area contributed by atoms with Crippen molar-refractivity contribution in [3.05, 3.63) is 15.6 Å². The molecule has 0 aliphatic carbocycles. The Bertz CT molecular complexity index is 633. The van der Waals surface area contributed by atoms with Crippen LogP contribution in [-0.4, -0.2) is 85.8 Å². The first-order valence-corrected chi connectivity index (χ1v) is 9.45. The molecular weight excluding hydrogens is 320 g/mol. The molecule has 0 radical (unpaired) electrons. The highest BCUT2D eigenvalue weighted by atomic mass is 16.3. The Kier molecular flexibility index (Phi) is 6.98. The van der Waals surface area contributed by atoms with E-state index in [1.54, 1.807) is 0 Å². The van der Waals surface area contributed by atoms with Crippen LogP contribution in [0.5, 0.6) is 5.75 Å². The van der Waals surface area contributed by atoms with Crippen LogP contribution >= 0.6 is 0 Å². The third-order valence-electron chi connectivity index (χ3n) is 5.34. The minimum atomic E-state index is 0. The number of nitrogens with zero attached hydrogens (tertiary/aromatic N) is 4. The van der Waals surface area contributed by atoms with Crippen molar-refractivity contribution in [1.29, 1.82) is 0 Å². The van der Waals surface area contributed by atoms with Gasteiger partial charge >= 0.3 is 0 Å². The second kappa shape index (κ2) is 8.78. The number of piperazine rings is 2. The normalized spacial score (nSPS) is 20.1. The lowest BCUT2D eigenvalue weighted by Gasteiger charge is -2.36. The molecule has 2 saturated heterocycles. The molecule has 2 aliphatic rings. The zero-order valence-electron chi connectivity index (χ0n) is 15.6. The van der Waals surface area contributed by atoms with Gasteiger partial charge in [-0.05, 0) is 25.9 Å². The smallest absolute Gasteiger partial charge is 0.294 e. The first kappa shape index (κ1) is 19.9. The summed E-state index contributed by atoms with van der Waals surface area (Å²) in [5, 5.41) is 11.0. The van der Waals surface area contributed by atoms with Crippen molar-refractivity contribution in [2.45, 2.75) is 26.7 Å². The Hall–Kier alpha value is -1.44. The maximum absolute atomic E-state index is 12.6. The van der Waals surface area contributed by atoms with Crippen molar-refractivity contribution in [1.82, 2.24) is 14.4 Å². The maximum atomic E-state index is 12.6. The largest absolute Gasteiger partial charge is 0.870 e. The molecule has 7 nitrogen and oxygen atoms in total. The summed E-state index contributed by atoms with van der Waals surface area (Å²) in [6, 6.07) is 0. The highest BCUT2D eigenvalue weighted by molar-refractivity contribution is 5.63. The van der Waals surface area contributed by atoms with Crippen LogP contribution in [0.2, 0.25) is 0 Å². The molecule has 142 valence electrons. The van der Waals surface area contributed by atoms with Gasteiger partial charge in [-0.25, -0.2) is 4.58 Å². The van der Waals surface area contributed by atoms with E-state index < -0.39 is 0 Å². The van der Waals surface area contributed by atoms with Gasteiger partial charge < -0.3 is 15.5 Å². The van der Waals surface area contributed by atoms with Gasteiger partial charge in [0.05, 0.1) is 13.1 Å². The van der Waals surface area contributed by atoms with Gasteiger partial charge in [0.1, 0.15) is 5.69 Å². The molecule has 0 amide bonds. The molecule has 1 aromatic rings. The van der Waals surface area contributed by atoms with Gasteiger partial charge in [-0.2, -0.15) is 0 Å². The van der Waals surface area contributed by atoms with Gasteiger partial charge in [0.25, 0.3) is 10.8 Å². The molecule has 0 unspecified atom stereocenters. The summed E-state index contributed by atoms with van der Waals surface area (Å²) in [7, 11) is 0. The fourth-order valence-corrected chi connectivity index (χ4v) is 3.99. The van der Waals surface area contributed by atoms with E-state index in [9.17, 15) is 9.90 Å². The first-order chi connectivity index (χ1) is 11.7. The second-order valence-corrected chi connectivity index (χ2v) is 7.03. The van der Waals surface area contributed by atoms with Crippen molar-refractivity contribution in [2.75, 3.05) is 70.3 Å². The minimum Gasteiger partial charge on any atom is -0.870 e. The van der Waals surface area contributed by atoms with Gasteiger partial charge in [-0.15, -0.1) is 0 Å². The van der Waals surface area contributed by atoms with Crippen LogP contribution in [-0.2, 0) is 0 Å². The van der Waals surface area contributed by atoms with Gasteiger partial charge in [0.15, 0.2) is 13.1 Å². The van der Waals surface area contributed by atoms with Crippen LogP contribution < -0.4 is 20.3 Å². The Labute approximate surface area is 149 Å². The summed E-state index contributed by atoms with van der Waals surface area (Å²) in [4.78, 5) is 19.5. The van der Waals surface area contributed by atoms with Crippen LogP contribution in [0.4, 0.5) is 5.69 Å². The third kappa shape index (κ3) is 4.04. The van der Waals surface area contributed by atoms with Gasteiger partial charge in [-0.3, -0.25) is 14.6 Å². The van der Waals surface area contributed by atoms with Gasteiger partial charge in [0.2, 0.25) is 5.75 Å². The van der Waals surface area contributed by atoms with E-state index in [4.69, 9.17) is 0 Å². The average molecular weight is 352 g/mol. The summed E-state index contributed by atoms with van der Waals surface area (Å²) in [6.45, 7) is 13.9. The molecular formula is C18H32N4O3. The van der Waals surface area contributed by atoms with Gasteiger partial charge in [-0.1, -0.05) is 13.8 Å². The lowest BCUT2D eigenvalue weighted by atomic mass is 10.1. The van der Waals surface area contributed by atoms with Crippen molar-refractivity contribution < 1.29 is 10.6 Å². The number of aromatic hydroxyl groups is 1. The summed E-state index contributed by atoms with van der Waals surface area (Å²) < 4.78 is 2.07. The van der Waals surface area contributed by atoms with E-state index in [1.165, 1.54) is 0 Å². The molecule has 7 heteroatoms. The fraction of sp³-hybridized carbons (Fsp3) is 0.778. The third-order valence-corrected chi connectivity index (χ3v) is 5.34. The molecule has 2 fully saturated rings. The molecule has 0 spiro atoms. The average Bonchev–Trinajstić information content (AvgIpc) is 2.59. The zero-order valence-corrected chi connectivity index (χ0v) is 15.6. The Morgan fingerprint density at radius 3 is 1.92 bits per heavy atom. The van der Waals surface area contributed by atoms with Crippen molar-refractivity contribution in [3.63, 3.8) is 0 Å². The SMILES string of the molecule is CCCN1CCN(c2c(O)c(=[N+]3CCN(CCC)CC3)c2=O)CC1.[OH-]. The number of hydrogen-bond donors (Lipinski definition) is 1. The molecule has 2 N–H and O–H groups in total. The number of hydrogen-bond acceptors (Lipinski definition) is 6. The molecule has 3 rings (SSSR count). The Balaban J connectivity index is 0.00000225. The summed E-state index contributed by atoms with van der Waals surface area (Å²) >= 11 is 0. The minimum absolute atomic E-state index is 0. The number of rotatable bonds is 5. The topological polar surface area (TPSA) is 80.0 Å². The van der Waals surface area contributed by atoms with E-state index >= 15 is 0 Å². The lowest BCUT2D eigenvalue weighted by molar-refractivity contribution is 0.221. The van der Waals surface area contributed by atoms with E-state index in [0.717, 1.165) is 78.3 Å². The monoisotopic (exact) mass is 352 g/mol. The van der Waals surface area contributed by atoms with Gasteiger partial charge in [0, 0.05) is 26.2 Å². The van der Waals surface area contributed by atoms with E-state index in [0.29, 0.717) is 11.0 Å². The fourth-order valence-electron chi connectivity index (χ4n) is 3.99. The summed E-state index contributed by atoms with van der Waals surface area (Å²) in [5.74, 6) is 0.230. The molecule has 0 saturated carbocycles. The van der Waals surface area contributed by atoms with Crippen LogP contribution in [0.1, 0.15) is 26.7 Å². The molecule has 2 heterocycles. The van der Waals surface area contributed by atoms with Crippen LogP contribution in [0.25, 0.3) is 0 Å².